The van der Waals surface area contributed by atoms with Crippen LogP contribution >= 0.6 is 34.9 Å². The van der Waals surface area contributed by atoms with Crippen molar-refractivity contribution in [2.24, 2.45) is 0 Å². The van der Waals surface area contributed by atoms with Gasteiger partial charge in [0, 0.05) is 12.2 Å². The van der Waals surface area contributed by atoms with Gasteiger partial charge in [0.15, 0.2) is 4.34 Å². The lowest BCUT2D eigenvalue weighted by molar-refractivity contribution is -0.135. The van der Waals surface area contributed by atoms with Crippen molar-refractivity contribution in [1.82, 2.24) is 15.1 Å². The molecule has 9 heteroatoms. The molecule has 1 aromatic rings. The molecule has 0 bridgehead atoms. The van der Waals surface area contributed by atoms with Gasteiger partial charge in [-0.1, -0.05) is 30.0 Å². The Morgan fingerprint density at radius 1 is 1.57 bits per heavy atom. The van der Waals surface area contributed by atoms with Crippen molar-refractivity contribution in [2.45, 2.75) is 41.9 Å². The summed E-state index contributed by atoms with van der Waals surface area (Å²) in [5.41, 5.74) is 0. The second kappa shape index (κ2) is 5.77. The third kappa shape index (κ3) is 2.78. The maximum atomic E-state index is 12.4. The number of hydrogen-bond acceptors (Lipinski definition) is 7. The zero-order valence-corrected chi connectivity index (χ0v) is 14.2. The van der Waals surface area contributed by atoms with E-state index in [0.717, 1.165) is 16.5 Å². The van der Waals surface area contributed by atoms with E-state index in [0.29, 0.717) is 17.3 Å². The molecule has 2 atom stereocenters. The molecule has 1 N–H and O–H groups in total. The SMILES string of the molecule is CCSc1nnc(NC(=O)[C@H]2CS[C@]3(C)CCC(=O)N23)s1. The second-order valence-corrected chi connectivity index (χ2v) is 9.05. The van der Waals surface area contributed by atoms with E-state index in [1.165, 1.54) is 11.3 Å². The van der Waals surface area contributed by atoms with Gasteiger partial charge in [0.25, 0.3) is 0 Å². The molecule has 6 nitrogen and oxygen atoms in total. The molecule has 3 rings (SSSR count). The molecule has 2 saturated heterocycles. The summed E-state index contributed by atoms with van der Waals surface area (Å²) in [4.78, 5) is 26.0. The first-order chi connectivity index (χ1) is 10.0. The maximum Gasteiger partial charge on any atom is 0.249 e. The third-order valence-corrected chi connectivity index (χ3v) is 7.01. The molecule has 2 aliphatic rings. The molecule has 0 aromatic carbocycles. The average molecular weight is 344 g/mol. The summed E-state index contributed by atoms with van der Waals surface area (Å²) in [6.07, 6.45) is 1.35. The van der Waals surface area contributed by atoms with Gasteiger partial charge < -0.3 is 4.90 Å². The summed E-state index contributed by atoms with van der Waals surface area (Å²) in [6.45, 7) is 4.08. The summed E-state index contributed by atoms with van der Waals surface area (Å²) in [5.74, 6) is 1.47. The van der Waals surface area contributed by atoms with Crippen LogP contribution in [0, 0.1) is 0 Å². The highest BCUT2D eigenvalue weighted by Crippen LogP contribution is 2.47. The predicted molar refractivity (Wildman–Crippen MR) is 85.7 cm³/mol. The fourth-order valence-corrected chi connectivity index (χ4v) is 5.73. The fraction of sp³-hybridized carbons (Fsp3) is 0.667. The molecule has 2 aliphatic heterocycles. The van der Waals surface area contributed by atoms with Crippen LogP contribution in [0.5, 0.6) is 0 Å². The highest BCUT2D eigenvalue weighted by molar-refractivity contribution is 8.01. The van der Waals surface area contributed by atoms with Crippen LogP contribution < -0.4 is 5.32 Å². The number of carbonyl (C=O) groups is 2. The molecule has 2 fully saturated rings. The first kappa shape index (κ1) is 15.1. The Kier molecular flexibility index (Phi) is 4.15. The monoisotopic (exact) mass is 344 g/mol. The Morgan fingerprint density at radius 2 is 2.38 bits per heavy atom. The number of nitrogens with zero attached hydrogens (tertiary/aromatic N) is 3. The third-order valence-electron chi connectivity index (χ3n) is 3.65. The molecule has 114 valence electrons. The van der Waals surface area contributed by atoms with E-state index in [9.17, 15) is 9.59 Å². The lowest BCUT2D eigenvalue weighted by Crippen LogP contribution is -2.48. The van der Waals surface area contributed by atoms with Crippen molar-refractivity contribution >= 4 is 51.8 Å². The van der Waals surface area contributed by atoms with Gasteiger partial charge in [-0.25, -0.2) is 0 Å². The number of carbonyl (C=O) groups excluding carboxylic acids is 2. The van der Waals surface area contributed by atoms with E-state index in [1.807, 2.05) is 13.8 Å². The van der Waals surface area contributed by atoms with Crippen LogP contribution in [0.2, 0.25) is 0 Å². The number of nitrogens with one attached hydrogen (secondary N) is 1. The molecule has 2 amide bonds. The molecule has 3 heterocycles. The Balaban J connectivity index is 1.69. The van der Waals surface area contributed by atoms with Crippen molar-refractivity contribution in [2.75, 3.05) is 16.8 Å². The van der Waals surface area contributed by atoms with Gasteiger partial charge in [-0.15, -0.1) is 22.0 Å². The Labute approximate surface area is 135 Å². The summed E-state index contributed by atoms with van der Waals surface area (Å²) < 4.78 is 0.843. The molecule has 0 unspecified atom stereocenters. The summed E-state index contributed by atoms with van der Waals surface area (Å²) in [6, 6.07) is -0.402. The number of rotatable bonds is 4. The molecular weight excluding hydrogens is 328 g/mol. The quantitative estimate of drug-likeness (QED) is 0.665. The van der Waals surface area contributed by atoms with E-state index in [-0.39, 0.29) is 16.7 Å². The van der Waals surface area contributed by atoms with E-state index in [4.69, 9.17) is 0 Å². The van der Waals surface area contributed by atoms with E-state index < -0.39 is 6.04 Å². The number of fused-ring (bicyclic) bond motifs is 1. The lowest BCUT2D eigenvalue weighted by atomic mass is 10.2. The first-order valence-corrected chi connectivity index (χ1v) is 9.55. The van der Waals surface area contributed by atoms with E-state index >= 15 is 0 Å². The Morgan fingerprint density at radius 3 is 3.14 bits per heavy atom. The molecule has 1 aromatic heterocycles. The average Bonchev–Trinajstić information content (AvgIpc) is 3.08. The molecular formula is C12H16N4O2S3. The van der Waals surface area contributed by atoms with Crippen molar-refractivity contribution in [3.8, 4) is 0 Å². The number of hydrogen-bond donors (Lipinski definition) is 1. The molecule has 0 radical (unpaired) electrons. The minimum Gasteiger partial charge on any atom is -0.315 e. The Hall–Kier alpha value is -0.800. The summed E-state index contributed by atoms with van der Waals surface area (Å²) in [7, 11) is 0. The van der Waals surface area contributed by atoms with Crippen LogP contribution in [-0.4, -0.2) is 49.3 Å². The molecule has 21 heavy (non-hydrogen) atoms. The van der Waals surface area contributed by atoms with Gasteiger partial charge in [0.2, 0.25) is 16.9 Å². The van der Waals surface area contributed by atoms with Gasteiger partial charge in [0.1, 0.15) is 6.04 Å². The number of thioether (sulfide) groups is 2. The molecule has 0 saturated carbocycles. The van der Waals surface area contributed by atoms with Crippen LogP contribution in [0.3, 0.4) is 0 Å². The van der Waals surface area contributed by atoms with Gasteiger partial charge in [-0.05, 0) is 19.1 Å². The summed E-state index contributed by atoms with van der Waals surface area (Å²) >= 11 is 4.65. The number of anilines is 1. The minimum atomic E-state index is -0.402. The van der Waals surface area contributed by atoms with Crippen LogP contribution in [0.1, 0.15) is 26.7 Å². The zero-order valence-electron chi connectivity index (χ0n) is 11.8. The largest absolute Gasteiger partial charge is 0.315 e. The Bertz CT molecular complexity index is 579. The van der Waals surface area contributed by atoms with Crippen molar-refractivity contribution in [1.29, 1.82) is 0 Å². The summed E-state index contributed by atoms with van der Waals surface area (Å²) in [5, 5.41) is 11.3. The van der Waals surface area contributed by atoms with E-state index in [1.54, 1.807) is 28.4 Å². The van der Waals surface area contributed by atoms with Gasteiger partial charge in [-0.3, -0.25) is 14.9 Å². The maximum absolute atomic E-state index is 12.4. The highest BCUT2D eigenvalue weighted by Gasteiger charge is 2.52. The highest BCUT2D eigenvalue weighted by atomic mass is 32.2. The van der Waals surface area contributed by atoms with Crippen molar-refractivity contribution < 1.29 is 9.59 Å². The second-order valence-electron chi connectivity index (χ2n) is 5.06. The molecule has 0 aliphatic carbocycles. The lowest BCUT2D eigenvalue weighted by Gasteiger charge is -2.29. The number of aromatic nitrogens is 2. The molecule has 0 spiro atoms. The fourth-order valence-electron chi connectivity index (χ4n) is 2.65. The van der Waals surface area contributed by atoms with Gasteiger partial charge >= 0.3 is 0 Å². The minimum absolute atomic E-state index is 0.0714. The van der Waals surface area contributed by atoms with Crippen LogP contribution in [0.4, 0.5) is 5.13 Å². The van der Waals surface area contributed by atoms with Crippen molar-refractivity contribution in [3.05, 3.63) is 0 Å². The van der Waals surface area contributed by atoms with Crippen LogP contribution in [0.15, 0.2) is 4.34 Å². The first-order valence-electron chi connectivity index (χ1n) is 6.77. The predicted octanol–water partition coefficient (Wildman–Crippen LogP) is 2.04. The van der Waals surface area contributed by atoms with Gasteiger partial charge in [0.05, 0.1) is 4.87 Å². The van der Waals surface area contributed by atoms with Gasteiger partial charge in [-0.2, -0.15) is 0 Å². The normalized spacial score (nSPS) is 28.0. The topological polar surface area (TPSA) is 75.2 Å². The smallest absolute Gasteiger partial charge is 0.249 e. The van der Waals surface area contributed by atoms with Crippen LogP contribution in [0.25, 0.3) is 0 Å². The zero-order chi connectivity index (χ0) is 15.0. The van der Waals surface area contributed by atoms with Crippen molar-refractivity contribution in [3.63, 3.8) is 0 Å². The van der Waals surface area contributed by atoms with E-state index in [2.05, 4.69) is 15.5 Å². The standard InChI is InChI=1S/C12H16N4O2S3/c1-3-19-11-15-14-10(21-11)13-9(18)7-6-20-12(2)5-4-8(17)16(7)12/h7H,3-6H2,1-2H3,(H,13,14,18)/t7-,12-/m1/s1. The van der Waals surface area contributed by atoms with Crippen LogP contribution in [-0.2, 0) is 9.59 Å². The number of amides is 2.